The smallest absolute Gasteiger partial charge is 0.266 e. The summed E-state index contributed by atoms with van der Waals surface area (Å²) in [6.07, 6.45) is 1.62. The maximum absolute atomic E-state index is 12.4. The van der Waals surface area contributed by atoms with Crippen molar-refractivity contribution in [3.8, 4) is 6.07 Å². The number of fused-ring (bicyclic) bond motifs is 1. The van der Waals surface area contributed by atoms with Crippen LogP contribution < -0.4 is 5.32 Å². The molecular formula is C21H16N2O. The summed E-state index contributed by atoms with van der Waals surface area (Å²) in [6, 6.07) is 23.2. The summed E-state index contributed by atoms with van der Waals surface area (Å²) in [7, 11) is 0. The Bertz CT molecular complexity index is 980. The fraction of sp³-hybridized carbons (Fsp3) is 0.0476. The van der Waals surface area contributed by atoms with Gasteiger partial charge in [0.15, 0.2) is 0 Å². The fourth-order valence-corrected chi connectivity index (χ4v) is 2.52. The molecule has 0 aromatic heterocycles. The Hall–Kier alpha value is -3.38. The molecule has 3 heteroatoms. The van der Waals surface area contributed by atoms with Crippen LogP contribution in [0.25, 0.3) is 16.8 Å². The van der Waals surface area contributed by atoms with Gasteiger partial charge in [-0.25, -0.2) is 0 Å². The van der Waals surface area contributed by atoms with E-state index in [1.165, 1.54) is 0 Å². The van der Waals surface area contributed by atoms with Crippen LogP contribution >= 0.6 is 0 Å². The molecule has 0 aliphatic heterocycles. The summed E-state index contributed by atoms with van der Waals surface area (Å²) in [5.41, 5.74) is 2.63. The fourth-order valence-electron chi connectivity index (χ4n) is 2.52. The zero-order chi connectivity index (χ0) is 16.9. The molecule has 0 radical (unpaired) electrons. The predicted octanol–water partition coefficient (Wildman–Crippen LogP) is 4.69. The molecule has 0 spiro atoms. The van der Waals surface area contributed by atoms with Crippen LogP contribution in [0.2, 0.25) is 0 Å². The minimum absolute atomic E-state index is 0.0810. The number of carbonyl (C=O) groups excluding carboxylic acids is 1. The van der Waals surface area contributed by atoms with Gasteiger partial charge in [-0.05, 0) is 47.0 Å². The van der Waals surface area contributed by atoms with E-state index in [0.717, 1.165) is 21.9 Å². The zero-order valence-electron chi connectivity index (χ0n) is 13.3. The summed E-state index contributed by atoms with van der Waals surface area (Å²) in [6.45, 7) is 1.95. The molecule has 0 bridgehead atoms. The van der Waals surface area contributed by atoms with Crippen LogP contribution in [-0.4, -0.2) is 5.91 Å². The second-order valence-electron chi connectivity index (χ2n) is 5.54. The normalized spacial score (nSPS) is 11.1. The molecule has 0 fully saturated rings. The van der Waals surface area contributed by atoms with Crippen molar-refractivity contribution in [2.24, 2.45) is 0 Å². The molecule has 0 saturated carbocycles. The number of rotatable bonds is 3. The molecule has 3 nitrogen and oxygen atoms in total. The Balaban J connectivity index is 1.86. The highest BCUT2D eigenvalue weighted by atomic mass is 16.1. The van der Waals surface area contributed by atoms with E-state index < -0.39 is 5.91 Å². The van der Waals surface area contributed by atoms with Gasteiger partial charge in [-0.2, -0.15) is 5.26 Å². The lowest BCUT2D eigenvalue weighted by molar-refractivity contribution is -0.112. The first kappa shape index (κ1) is 15.5. The van der Waals surface area contributed by atoms with Gasteiger partial charge in [0.05, 0.1) is 0 Å². The minimum atomic E-state index is -0.406. The van der Waals surface area contributed by atoms with Crippen LogP contribution in [0.15, 0.2) is 72.3 Å². The van der Waals surface area contributed by atoms with Gasteiger partial charge < -0.3 is 5.32 Å². The van der Waals surface area contributed by atoms with Crippen LogP contribution in [0.5, 0.6) is 0 Å². The molecular weight excluding hydrogens is 296 g/mol. The van der Waals surface area contributed by atoms with Gasteiger partial charge in [-0.15, -0.1) is 0 Å². The third-order valence-corrected chi connectivity index (χ3v) is 3.86. The molecule has 0 heterocycles. The second-order valence-corrected chi connectivity index (χ2v) is 5.54. The molecule has 0 saturated heterocycles. The molecule has 0 aliphatic rings. The quantitative estimate of drug-likeness (QED) is 0.563. The molecule has 1 N–H and O–H groups in total. The number of anilines is 1. The van der Waals surface area contributed by atoms with Gasteiger partial charge in [0, 0.05) is 5.69 Å². The summed E-state index contributed by atoms with van der Waals surface area (Å²) in [5.74, 6) is -0.406. The average Bonchev–Trinajstić information content (AvgIpc) is 2.61. The van der Waals surface area contributed by atoms with Crippen molar-refractivity contribution in [3.63, 3.8) is 0 Å². The number of hydrogen-bond acceptors (Lipinski definition) is 2. The molecule has 1 amide bonds. The molecule has 24 heavy (non-hydrogen) atoms. The Labute approximate surface area is 140 Å². The SMILES string of the molecule is Cc1ccccc1/C=C(\C#N)C(=O)Nc1ccc2ccccc2c1. The maximum atomic E-state index is 12.4. The van der Waals surface area contributed by atoms with Crippen molar-refractivity contribution in [1.29, 1.82) is 5.26 Å². The van der Waals surface area contributed by atoms with E-state index in [-0.39, 0.29) is 5.57 Å². The van der Waals surface area contributed by atoms with Crippen LogP contribution in [0.4, 0.5) is 5.69 Å². The van der Waals surface area contributed by atoms with Gasteiger partial charge in [0.1, 0.15) is 11.6 Å². The van der Waals surface area contributed by atoms with Crippen molar-refractivity contribution in [3.05, 3.63) is 83.4 Å². The summed E-state index contributed by atoms with van der Waals surface area (Å²) >= 11 is 0. The molecule has 0 aliphatic carbocycles. The Morgan fingerprint density at radius 2 is 1.71 bits per heavy atom. The van der Waals surface area contributed by atoms with Gasteiger partial charge >= 0.3 is 0 Å². The lowest BCUT2D eigenvalue weighted by atomic mass is 10.1. The monoisotopic (exact) mass is 312 g/mol. The number of nitrogens with one attached hydrogen (secondary N) is 1. The van der Waals surface area contributed by atoms with Gasteiger partial charge in [-0.1, -0.05) is 54.6 Å². The number of amides is 1. The number of nitriles is 1. The number of nitrogens with zero attached hydrogens (tertiary/aromatic N) is 1. The zero-order valence-corrected chi connectivity index (χ0v) is 13.3. The van der Waals surface area contributed by atoms with Crippen LogP contribution in [0.1, 0.15) is 11.1 Å². The predicted molar refractivity (Wildman–Crippen MR) is 97.3 cm³/mol. The lowest BCUT2D eigenvalue weighted by Gasteiger charge is -2.06. The second kappa shape index (κ2) is 6.80. The van der Waals surface area contributed by atoms with E-state index in [0.29, 0.717) is 5.69 Å². The first-order valence-electron chi connectivity index (χ1n) is 7.65. The molecule has 3 aromatic carbocycles. The van der Waals surface area contributed by atoms with Crippen molar-refractivity contribution in [2.75, 3.05) is 5.32 Å². The number of carbonyl (C=O) groups is 1. The van der Waals surface area contributed by atoms with E-state index in [2.05, 4.69) is 5.32 Å². The maximum Gasteiger partial charge on any atom is 0.266 e. The Morgan fingerprint density at radius 1 is 1.00 bits per heavy atom. The summed E-state index contributed by atoms with van der Waals surface area (Å²) in [5, 5.41) is 14.3. The van der Waals surface area contributed by atoms with Crippen LogP contribution in [0.3, 0.4) is 0 Å². The standard InChI is InChI=1S/C21H16N2O/c1-15-6-2-3-8-17(15)12-19(14-22)21(24)23-20-11-10-16-7-4-5-9-18(16)13-20/h2-13H,1H3,(H,23,24)/b19-12+. The Morgan fingerprint density at radius 3 is 2.46 bits per heavy atom. The number of hydrogen-bond donors (Lipinski definition) is 1. The molecule has 116 valence electrons. The summed E-state index contributed by atoms with van der Waals surface area (Å²) < 4.78 is 0. The van der Waals surface area contributed by atoms with E-state index in [1.54, 1.807) is 6.08 Å². The minimum Gasteiger partial charge on any atom is -0.321 e. The highest BCUT2D eigenvalue weighted by Gasteiger charge is 2.10. The van der Waals surface area contributed by atoms with Gasteiger partial charge in [-0.3, -0.25) is 4.79 Å². The van der Waals surface area contributed by atoms with E-state index in [4.69, 9.17) is 0 Å². The topological polar surface area (TPSA) is 52.9 Å². The number of aryl methyl sites for hydroxylation is 1. The first-order valence-corrected chi connectivity index (χ1v) is 7.65. The molecule has 0 unspecified atom stereocenters. The van der Waals surface area contributed by atoms with Crippen molar-refractivity contribution < 1.29 is 4.79 Å². The van der Waals surface area contributed by atoms with Crippen molar-refractivity contribution in [2.45, 2.75) is 6.92 Å². The van der Waals surface area contributed by atoms with Crippen molar-refractivity contribution in [1.82, 2.24) is 0 Å². The third-order valence-electron chi connectivity index (χ3n) is 3.86. The highest BCUT2D eigenvalue weighted by molar-refractivity contribution is 6.10. The average molecular weight is 312 g/mol. The lowest BCUT2D eigenvalue weighted by Crippen LogP contribution is -2.13. The van der Waals surface area contributed by atoms with Crippen LogP contribution in [-0.2, 0) is 4.79 Å². The van der Waals surface area contributed by atoms with Crippen LogP contribution in [0, 0.1) is 18.3 Å². The van der Waals surface area contributed by atoms with E-state index >= 15 is 0 Å². The molecule has 3 aromatic rings. The molecule has 0 atom stereocenters. The molecule has 3 rings (SSSR count). The van der Waals surface area contributed by atoms with E-state index in [1.807, 2.05) is 79.7 Å². The largest absolute Gasteiger partial charge is 0.321 e. The summed E-state index contributed by atoms with van der Waals surface area (Å²) in [4.78, 5) is 12.4. The van der Waals surface area contributed by atoms with Gasteiger partial charge in [0.25, 0.3) is 5.91 Å². The highest BCUT2D eigenvalue weighted by Crippen LogP contribution is 2.20. The van der Waals surface area contributed by atoms with E-state index in [9.17, 15) is 10.1 Å². The van der Waals surface area contributed by atoms with Gasteiger partial charge in [0.2, 0.25) is 0 Å². The Kier molecular flexibility index (Phi) is 4.40. The third kappa shape index (κ3) is 3.34. The van der Waals surface area contributed by atoms with Crippen molar-refractivity contribution >= 4 is 28.4 Å². The number of benzene rings is 3. The first-order chi connectivity index (χ1) is 11.7.